The van der Waals surface area contributed by atoms with Gasteiger partial charge in [0.25, 0.3) is 5.56 Å². The molecule has 2 atom stereocenters. The molecule has 2 aromatic rings. The van der Waals surface area contributed by atoms with Crippen molar-refractivity contribution in [1.82, 2.24) is 19.5 Å². The van der Waals surface area contributed by atoms with Gasteiger partial charge in [-0.05, 0) is 0 Å². The van der Waals surface area contributed by atoms with Gasteiger partial charge in [0.15, 0.2) is 11.2 Å². The van der Waals surface area contributed by atoms with Crippen LogP contribution in [0.2, 0.25) is 0 Å². The first-order chi connectivity index (χ1) is 10.8. The molecule has 23 heavy (non-hydrogen) atoms. The first-order valence-corrected chi connectivity index (χ1v) is 9.17. The molecule has 0 radical (unpaired) electrons. The average molecular weight is 363 g/mol. The van der Waals surface area contributed by atoms with Crippen molar-refractivity contribution in [1.29, 1.82) is 0 Å². The van der Waals surface area contributed by atoms with Crippen LogP contribution in [0, 0.1) is 0 Å². The second kappa shape index (κ2) is 6.23. The van der Waals surface area contributed by atoms with E-state index in [0.29, 0.717) is 11.5 Å². The Kier molecular flexibility index (Phi) is 4.45. The molecule has 1 fully saturated rings. The molecule has 13 heteroatoms. The molecule has 0 saturated carbocycles. The van der Waals surface area contributed by atoms with Crippen molar-refractivity contribution in [3.63, 3.8) is 0 Å². The number of imidazole rings is 1. The summed E-state index contributed by atoms with van der Waals surface area (Å²) in [5.41, 5.74) is 5.52. The maximum absolute atomic E-state index is 11.8. The number of hydrogen-bond donors (Lipinski definition) is 4. The highest BCUT2D eigenvalue weighted by atomic mass is 32.2. The van der Waals surface area contributed by atoms with Crippen LogP contribution in [-0.2, 0) is 13.8 Å². The zero-order valence-corrected chi connectivity index (χ0v) is 13.4. The molecule has 0 unspecified atom stereocenters. The summed E-state index contributed by atoms with van der Waals surface area (Å²) in [5, 5.41) is 0. The smallest absolute Gasteiger partial charge is 0.369 e. The number of hydrogen-bond acceptors (Lipinski definition) is 8. The number of nitrogens with one attached hydrogen (secondary N) is 1. The van der Waals surface area contributed by atoms with E-state index in [1.54, 1.807) is 4.57 Å². The molecule has 5 N–H and O–H groups in total. The minimum absolute atomic E-state index is 0.0332. The van der Waals surface area contributed by atoms with Crippen molar-refractivity contribution in [2.45, 2.75) is 12.3 Å². The lowest BCUT2D eigenvalue weighted by Crippen LogP contribution is -2.32. The van der Waals surface area contributed by atoms with Crippen LogP contribution in [0.4, 0.5) is 5.95 Å². The lowest BCUT2D eigenvalue weighted by molar-refractivity contribution is -0.0540. The Morgan fingerprint density at radius 3 is 3.09 bits per heavy atom. The summed E-state index contributed by atoms with van der Waals surface area (Å²) in [6, 6.07) is 0. The normalized spacial score (nSPS) is 22.5. The standard InChI is InChI=1S/C10H14N5O6PS/c11-10-13-8-7(9(16)14-10)12-4-15(8)6-3-23-2-5(21-6)1-20-22(17,18)19/h4-6H,1-3H2,(H2,17,18,19)(H3,11,13,14,16)/t5-,6-/m1/s1. The third-order valence-electron chi connectivity index (χ3n) is 3.10. The second-order valence-corrected chi connectivity index (χ2v) is 7.13. The van der Waals surface area contributed by atoms with E-state index in [0.717, 1.165) is 0 Å². The van der Waals surface area contributed by atoms with Crippen LogP contribution in [0.25, 0.3) is 11.2 Å². The highest BCUT2D eigenvalue weighted by molar-refractivity contribution is 7.99. The molecule has 1 aliphatic rings. The Balaban J connectivity index is 1.82. The van der Waals surface area contributed by atoms with Crippen molar-refractivity contribution in [3.05, 3.63) is 16.7 Å². The van der Waals surface area contributed by atoms with Crippen molar-refractivity contribution >= 4 is 36.7 Å². The summed E-state index contributed by atoms with van der Waals surface area (Å²) in [7, 11) is -4.55. The first kappa shape index (κ1) is 16.4. The quantitative estimate of drug-likeness (QED) is 0.517. The lowest BCUT2D eigenvalue weighted by atomic mass is 10.4. The van der Waals surface area contributed by atoms with Gasteiger partial charge < -0.3 is 20.3 Å². The molecule has 0 aromatic carbocycles. The number of aromatic nitrogens is 4. The third kappa shape index (κ3) is 3.74. The number of fused-ring (bicyclic) bond motifs is 1. The number of rotatable bonds is 4. The number of nitrogens with two attached hydrogens (primary N) is 1. The molecule has 1 aliphatic heterocycles. The summed E-state index contributed by atoms with van der Waals surface area (Å²) in [6.45, 7) is -0.240. The Hall–Kier alpha value is -1.43. The van der Waals surface area contributed by atoms with Crippen molar-refractivity contribution in [2.75, 3.05) is 23.8 Å². The van der Waals surface area contributed by atoms with Crippen LogP contribution in [0.1, 0.15) is 6.23 Å². The minimum atomic E-state index is -4.55. The largest absolute Gasteiger partial charge is 0.469 e. The summed E-state index contributed by atoms with van der Waals surface area (Å²) in [4.78, 5) is 39.7. The molecular weight excluding hydrogens is 349 g/mol. The van der Waals surface area contributed by atoms with Gasteiger partial charge in [-0.2, -0.15) is 16.7 Å². The molecule has 3 rings (SSSR count). The molecule has 1 saturated heterocycles. The van der Waals surface area contributed by atoms with Gasteiger partial charge >= 0.3 is 7.82 Å². The van der Waals surface area contributed by atoms with Gasteiger partial charge in [0.2, 0.25) is 5.95 Å². The number of phosphoric acid groups is 1. The topological polar surface area (TPSA) is 166 Å². The van der Waals surface area contributed by atoms with E-state index in [-0.39, 0.29) is 23.7 Å². The number of aromatic amines is 1. The van der Waals surface area contributed by atoms with E-state index in [1.807, 2.05) is 0 Å². The Morgan fingerprint density at radius 2 is 2.35 bits per heavy atom. The van der Waals surface area contributed by atoms with E-state index in [4.69, 9.17) is 20.3 Å². The van der Waals surface area contributed by atoms with Gasteiger partial charge in [0.05, 0.1) is 19.0 Å². The fraction of sp³-hybridized carbons (Fsp3) is 0.500. The zero-order chi connectivity index (χ0) is 16.6. The lowest BCUT2D eigenvalue weighted by Gasteiger charge is -2.30. The number of H-pyrrole nitrogens is 1. The number of ether oxygens (including phenoxy) is 1. The predicted octanol–water partition coefficient (Wildman–Crippen LogP) is -0.558. The SMILES string of the molecule is Nc1nc2c(ncn2[C@H]2CSC[C@@H](COP(=O)(O)O)O2)c(=O)[nH]1. The Bertz CT molecular complexity index is 818. The Labute approximate surface area is 133 Å². The molecule has 11 nitrogen and oxygen atoms in total. The van der Waals surface area contributed by atoms with Gasteiger partial charge in [0, 0.05) is 11.5 Å². The van der Waals surface area contributed by atoms with E-state index in [9.17, 15) is 9.36 Å². The van der Waals surface area contributed by atoms with E-state index in [2.05, 4.69) is 19.5 Å². The van der Waals surface area contributed by atoms with E-state index >= 15 is 0 Å². The average Bonchev–Trinajstić information content (AvgIpc) is 2.89. The zero-order valence-electron chi connectivity index (χ0n) is 11.7. The van der Waals surface area contributed by atoms with Crippen LogP contribution < -0.4 is 11.3 Å². The van der Waals surface area contributed by atoms with Crippen molar-refractivity contribution in [3.8, 4) is 0 Å². The second-order valence-electron chi connectivity index (χ2n) is 4.81. The molecule has 0 amide bonds. The van der Waals surface area contributed by atoms with Crippen LogP contribution in [0.3, 0.4) is 0 Å². The predicted molar refractivity (Wildman–Crippen MR) is 81.8 cm³/mol. The summed E-state index contributed by atoms with van der Waals surface area (Å²) in [5.74, 6) is 1.06. The molecular formula is C10H14N5O6PS. The van der Waals surface area contributed by atoms with Gasteiger partial charge in [-0.1, -0.05) is 0 Å². The molecule has 2 aromatic heterocycles. The van der Waals surface area contributed by atoms with Crippen LogP contribution in [-0.4, -0.2) is 53.5 Å². The number of thioether (sulfide) groups is 1. The number of phosphoric ester groups is 1. The van der Waals surface area contributed by atoms with Gasteiger partial charge in [-0.15, -0.1) is 0 Å². The van der Waals surface area contributed by atoms with Crippen LogP contribution in [0.5, 0.6) is 0 Å². The molecule has 3 heterocycles. The summed E-state index contributed by atoms with van der Waals surface area (Å²) in [6.07, 6.45) is 0.407. The minimum Gasteiger partial charge on any atom is -0.369 e. The number of nitrogens with zero attached hydrogens (tertiary/aromatic N) is 3. The molecule has 0 aliphatic carbocycles. The van der Waals surface area contributed by atoms with Crippen LogP contribution >= 0.6 is 19.6 Å². The highest BCUT2D eigenvalue weighted by Crippen LogP contribution is 2.37. The Morgan fingerprint density at radius 1 is 1.57 bits per heavy atom. The summed E-state index contributed by atoms with van der Waals surface area (Å²) < 4.78 is 22.6. The van der Waals surface area contributed by atoms with Gasteiger partial charge in [-0.3, -0.25) is 18.9 Å². The number of anilines is 1. The van der Waals surface area contributed by atoms with Crippen LogP contribution in [0.15, 0.2) is 11.1 Å². The monoisotopic (exact) mass is 363 g/mol. The molecule has 0 bridgehead atoms. The number of nitrogen functional groups attached to an aromatic ring is 1. The van der Waals surface area contributed by atoms with E-state index < -0.39 is 25.7 Å². The van der Waals surface area contributed by atoms with Gasteiger partial charge in [0.1, 0.15) is 6.23 Å². The summed E-state index contributed by atoms with van der Waals surface area (Å²) >= 11 is 1.53. The maximum Gasteiger partial charge on any atom is 0.469 e. The van der Waals surface area contributed by atoms with Gasteiger partial charge in [-0.25, -0.2) is 9.55 Å². The fourth-order valence-electron chi connectivity index (χ4n) is 2.17. The van der Waals surface area contributed by atoms with Crippen molar-refractivity contribution in [2.24, 2.45) is 0 Å². The van der Waals surface area contributed by atoms with Crippen molar-refractivity contribution < 1.29 is 23.6 Å². The highest BCUT2D eigenvalue weighted by Gasteiger charge is 2.28. The van der Waals surface area contributed by atoms with E-state index in [1.165, 1.54) is 18.1 Å². The first-order valence-electron chi connectivity index (χ1n) is 6.49. The fourth-order valence-corrected chi connectivity index (χ4v) is 3.54. The molecule has 126 valence electrons. The molecule has 0 spiro atoms. The third-order valence-corrected chi connectivity index (χ3v) is 4.72. The maximum atomic E-state index is 11.8.